The van der Waals surface area contributed by atoms with Gasteiger partial charge in [0, 0.05) is 6.26 Å². The predicted molar refractivity (Wildman–Crippen MR) is 69.2 cm³/mol. The van der Waals surface area contributed by atoms with Crippen molar-refractivity contribution in [1.29, 1.82) is 0 Å². The number of aromatic carboxylic acids is 1. The Labute approximate surface area is 124 Å². The molecule has 1 rings (SSSR count). The molecular formula is C12H13F3O6S. The second-order valence-electron chi connectivity index (χ2n) is 4.35. The molecule has 0 aromatic heterocycles. The van der Waals surface area contributed by atoms with Gasteiger partial charge in [-0.2, -0.15) is 13.2 Å². The summed E-state index contributed by atoms with van der Waals surface area (Å²) in [7, 11) is -2.83. The third kappa shape index (κ3) is 3.81. The standard InChI is InChI=1S/C12H13F3O6S/c1-6(12(13,14)15)21-7-4-5-8(22(3,18)19)10(20-2)9(7)11(16)17/h4-6H,1-3H3,(H,16,17)/t6-/m0/s1. The van der Waals surface area contributed by atoms with Crippen molar-refractivity contribution in [3.05, 3.63) is 17.7 Å². The average molecular weight is 342 g/mol. The van der Waals surface area contributed by atoms with Gasteiger partial charge in [-0.25, -0.2) is 13.2 Å². The van der Waals surface area contributed by atoms with Gasteiger partial charge < -0.3 is 14.6 Å². The molecule has 0 aliphatic carbocycles. The predicted octanol–water partition coefficient (Wildman–Crippen LogP) is 2.13. The summed E-state index contributed by atoms with van der Waals surface area (Å²) in [5, 5.41) is 9.15. The van der Waals surface area contributed by atoms with Crippen LogP contribution in [0.25, 0.3) is 0 Å². The number of carboxylic acid groups (broad SMARTS) is 1. The fourth-order valence-corrected chi connectivity index (χ4v) is 2.44. The van der Waals surface area contributed by atoms with E-state index in [1.54, 1.807) is 0 Å². The first-order chi connectivity index (χ1) is 9.89. The minimum absolute atomic E-state index is 0.459. The van der Waals surface area contributed by atoms with Gasteiger partial charge in [0.15, 0.2) is 21.7 Å². The highest BCUT2D eigenvalue weighted by molar-refractivity contribution is 7.90. The van der Waals surface area contributed by atoms with E-state index in [1.807, 2.05) is 0 Å². The van der Waals surface area contributed by atoms with E-state index < -0.39 is 50.0 Å². The molecule has 0 saturated heterocycles. The van der Waals surface area contributed by atoms with Crippen LogP contribution in [0.1, 0.15) is 17.3 Å². The van der Waals surface area contributed by atoms with E-state index in [4.69, 9.17) is 9.84 Å². The molecule has 124 valence electrons. The molecule has 0 heterocycles. The molecule has 0 saturated carbocycles. The third-order valence-electron chi connectivity index (χ3n) is 2.67. The molecule has 0 amide bonds. The zero-order valence-corrected chi connectivity index (χ0v) is 12.6. The van der Waals surface area contributed by atoms with Crippen LogP contribution in [0.15, 0.2) is 17.0 Å². The second kappa shape index (κ2) is 6.03. The molecule has 0 bridgehead atoms. The lowest BCUT2D eigenvalue weighted by molar-refractivity contribution is -0.189. The number of benzene rings is 1. The maximum atomic E-state index is 12.5. The van der Waals surface area contributed by atoms with Crippen LogP contribution in [-0.4, -0.2) is 45.1 Å². The zero-order chi connectivity index (χ0) is 17.3. The van der Waals surface area contributed by atoms with Crippen molar-refractivity contribution < 1.29 is 41.0 Å². The number of alkyl halides is 3. The van der Waals surface area contributed by atoms with E-state index in [0.29, 0.717) is 6.92 Å². The Morgan fingerprint density at radius 1 is 1.32 bits per heavy atom. The SMILES string of the molecule is COc1c(S(C)(=O)=O)ccc(O[C@@H](C)C(F)(F)F)c1C(=O)O. The van der Waals surface area contributed by atoms with Crippen LogP contribution in [-0.2, 0) is 9.84 Å². The van der Waals surface area contributed by atoms with Crippen molar-refractivity contribution in [3.8, 4) is 11.5 Å². The van der Waals surface area contributed by atoms with E-state index in [1.165, 1.54) is 0 Å². The summed E-state index contributed by atoms with van der Waals surface area (Å²) in [5.41, 5.74) is -0.790. The molecule has 0 unspecified atom stereocenters. The molecule has 6 nitrogen and oxygen atoms in total. The Bertz CT molecular complexity index is 681. The van der Waals surface area contributed by atoms with Crippen molar-refractivity contribution in [2.45, 2.75) is 24.1 Å². The normalized spacial score (nSPS) is 13.5. The van der Waals surface area contributed by atoms with Gasteiger partial charge >= 0.3 is 12.1 Å². The van der Waals surface area contributed by atoms with Gasteiger partial charge in [0.2, 0.25) is 0 Å². The van der Waals surface area contributed by atoms with Gasteiger partial charge in [0.25, 0.3) is 0 Å². The van der Waals surface area contributed by atoms with Crippen molar-refractivity contribution in [3.63, 3.8) is 0 Å². The fourth-order valence-electron chi connectivity index (χ4n) is 1.60. The van der Waals surface area contributed by atoms with E-state index in [2.05, 4.69) is 4.74 Å². The molecule has 0 radical (unpaired) electrons. The Kier molecular flexibility index (Phi) is 4.96. The van der Waals surface area contributed by atoms with Gasteiger partial charge in [0.1, 0.15) is 16.2 Å². The Morgan fingerprint density at radius 2 is 1.86 bits per heavy atom. The maximum Gasteiger partial charge on any atom is 0.425 e. The van der Waals surface area contributed by atoms with Crippen LogP contribution in [0.4, 0.5) is 13.2 Å². The van der Waals surface area contributed by atoms with Crippen LogP contribution < -0.4 is 9.47 Å². The van der Waals surface area contributed by atoms with Gasteiger partial charge in [-0.1, -0.05) is 0 Å². The van der Waals surface area contributed by atoms with Gasteiger partial charge in [0.05, 0.1) is 7.11 Å². The van der Waals surface area contributed by atoms with Crippen LogP contribution in [0.2, 0.25) is 0 Å². The van der Waals surface area contributed by atoms with Crippen LogP contribution in [0.5, 0.6) is 11.5 Å². The highest BCUT2D eigenvalue weighted by Gasteiger charge is 2.39. The molecule has 0 aliphatic heterocycles. The summed E-state index contributed by atoms with van der Waals surface area (Å²) < 4.78 is 70.1. The lowest BCUT2D eigenvalue weighted by atomic mass is 10.1. The highest BCUT2D eigenvalue weighted by Crippen LogP contribution is 2.36. The van der Waals surface area contributed by atoms with Crippen molar-refractivity contribution in [2.24, 2.45) is 0 Å². The van der Waals surface area contributed by atoms with Gasteiger partial charge in [-0.05, 0) is 19.1 Å². The Morgan fingerprint density at radius 3 is 2.23 bits per heavy atom. The highest BCUT2D eigenvalue weighted by atomic mass is 32.2. The van der Waals surface area contributed by atoms with Crippen molar-refractivity contribution >= 4 is 15.8 Å². The summed E-state index contributed by atoms with van der Waals surface area (Å²) in [6, 6.07) is 1.78. The monoisotopic (exact) mass is 342 g/mol. The number of halogens is 3. The smallest absolute Gasteiger partial charge is 0.425 e. The fraction of sp³-hybridized carbons (Fsp3) is 0.417. The topological polar surface area (TPSA) is 89.9 Å². The minimum Gasteiger partial charge on any atom is -0.494 e. The first-order valence-electron chi connectivity index (χ1n) is 5.77. The van der Waals surface area contributed by atoms with E-state index in [0.717, 1.165) is 25.5 Å². The molecule has 1 aromatic rings. The number of rotatable bonds is 5. The first-order valence-corrected chi connectivity index (χ1v) is 7.66. The number of carbonyl (C=O) groups is 1. The van der Waals surface area contributed by atoms with Crippen LogP contribution in [0, 0.1) is 0 Å². The number of carboxylic acids is 1. The lowest BCUT2D eigenvalue weighted by Gasteiger charge is -2.20. The van der Waals surface area contributed by atoms with Crippen molar-refractivity contribution in [2.75, 3.05) is 13.4 Å². The van der Waals surface area contributed by atoms with E-state index >= 15 is 0 Å². The molecule has 22 heavy (non-hydrogen) atoms. The summed E-state index contributed by atoms with van der Waals surface area (Å²) in [4.78, 5) is 10.8. The first kappa shape index (κ1) is 18.1. The van der Waals surface area contributed by atoms with E-state index in [9.17, 15) is 26.4 Å². The van der Waals surface area contributed by atoms with Gasteiger partial charge in [-0.15, -0.1) is 0 Å². The second-order valence-corrected chi connectivity index (χ2v) is 6.33. The molecule has 0 fully saturated rings. The Hall–Kier alpha value is -1.97. The summed E-state index contributed by atoms with van der Waals surface area (Å²) >= 11 is 0. The van der Waals surface area contributed by atoms with E-state index in [-0.39, 0.29) is 0 Å². The number of sulfone groups is 1. The molecule has 1 atom stereocenters. The number of methoxy groups -OCH3 is 1. The molecule has 1 N–H and O–H groups in total. The van der Waals surface area contributed by atoms with Crippen LogP contribution >= 0.6 is 0 Å². The Balaban J connectivity index is 3.52. The molecular weight excluding hydrogens is 329 g/mol. The van der Waals surface area contributed by atoms with Crippen LogP contribution in [0.3, 0.4) is 0 Å². The molecule has 1 aromatic carbocycles. The quantitative estimate of drug-likeness (QED) is 0.882. The summed E-state index contributed by atoms with van der Waals surface area (Å²) in [5.74, 6) is -2.89. The molecule has 0 spiro atoms. The third-order valence-corrected chi connectivity index (χ3v) is 3.79. The van der Waals surface area contributed by atoms with Gasteiger partial charge in [-0.3, -0.25) is 0 Å². The zero-order valence-electron chi connectivity index (χ0n) is 11.8. The molecule has 0 aliphatic rings. The van der Waals surface area contributed by atoms with Crippen molar-refractivity contribution in [1.82, 2.24) is 0 Å². The molecule has 10 heteroatoms. The summed E-state index contributed by atoms with van der Waals surface area (Å²) in [6.45, 7) is 0.697. The summed E-state index contributed by atoms with van der Waals surface area (Å²) in [6.07, 6.45) is -6.17. The number of ether oxygens (including phenoxy) is 2. The average Bonchev–Trinajstić information content (AvgIpc) is 2.34. The number of hydrogen-bond acceptors (Lipinski definition) is 5. The maximum absolute atomic E-state index is 12.5. The largest absolute Gasteiger partial charge is 0.494 e. The minimum atomic E-state index is -4.71. The number of hydrogen-bond donors (Lipinski definition) is 1. The lowest BCUT2D eigenvalue weighted by Crippen LogP contribution is -2.31.